The number of methoxy groups -OCH3 is 1. The van der Waals surface area contributed by atoms with Crippen LogP contribution in [-0.4, -0.2) is 40.1 Å². The van der Waals surface area contributed by atoms with Crippen molar-refractivity contribution in [3.05, 3.63) is 76.6 Å². The van der Waals surface area contributed by atoms with Gasteiger partial charge in [-0.2, -0.15) is 0 Å². The summed E-state index contributed by atoms with van der Waals surface area (Å²) in [5.41, 5.74) is 3.53. The van der Waals surface area contributed by atoms with Crippen molar-refractivity contribution in [1.82, 2.24) is 14.8 Å². The molecule has 4 rings (SSSR count). The third-order valence-electron chi connectivity index (χ3n) is 5.61. The summed E-state index contributed by atoms with van der Waals surface area (Å²) in [5, 5.41) is 2.63. The molecule has 0 aliphatic carbocycles. The third-order valence-corrected chi connectivity index (χ3v) is 5.61. The Morgan fingerprint density at radius 1 is 1.08 bits per heavy atom. The van der Waals surface area contributed by atoms with Gasteiger partial charge >= 0.3 is 12.0 Å². The van der Waals surface area contributed by atoms with Gasteiger partial charge in [-0.15, -0.1) is 0 Å². The van der Waals surface area contributed by atoms with Crippen molar-refractivity contribution in [1.29, 1.82) is 0 Å². The van der Waals surface area contributed by atoms with Gasteiger partial charge in [-0.25, -0.2) is 9.59 Å². The van der Waals surface area contributed by atoms with E-state index in [1.54, 1.807) is 6.08 Å². The fourth-order valence-corrected chi connectivity index (χ4v) is 4.05. The molecule has 9 heteroatoms. The van der Waals surface area contributed by atoms with E-state index in [0.717, 1.165) is 33.3 Å². The quantitative estimate of drug-likeness (QED) is 0.303. The SMILES string of the molecule is COC(=O)c1ccc(CN2C(=O)N/C(=C\c3cc(C)n(-c4ccc(OC(C)(C)C)cc4)c3C)C2=O)o1. The molecule has 3 heterocycles. The van der Waals surface area contributed by atoms with Gasteiger partial charge in [0.05, 0.1) is 13.7 Å². The first-order chi connectivity index (χ1) is 17.0. The fourth-order valence-electron chi connectivity index (χ4n) is 4.05. The van der Waals surface area contributed by atoms with Crippen LogP contribution >= 0.6 is 0 Å². The molecular formula is C27H29N3O6. The Hall–Kier alpha value is -4.27. The molecular weight excluding hydrogens is 462 g/mol. The molecule has 1 aliphatic heterocycles. The molecule has 1 N–H and O–H groups in total. The van der Waals surface area contributed by atoms with Crippen molar-refractivity contribution in [2.45, 2.75) is 46.8 Å². The highest BCUT2D eigenvalue weighted by Gasteiger charge is 2.34. The highest BCUT2D eigenvalue weighted by atomic mass is 16.5. The van der Waals surface area contributed by atoms with E-state index >= 15 is 0 Å². The smallest absolute Gasteiger partial charge is 0.373 e. The number of benzene rings is 1. The maximum atomic E-state index is 13.0. The molecule has 0 bridgehead atoms. The molecule has 2 aromatic heterocycles. The Bertz CT molecular complexity index is 1360. The minimum atomic E-state index is -0.634. The summed E-state index contributed by atoms with van der Waals surface area (Å²) in [7, 11) is 1.24. The Kier molecular flexibility index (Phi) is 6.49. The van der Waals surface area contributed by atoms with Gasteiger partial charge in [-0.1, -0.05) is 0 Å². The van der Waals surface area contributed by atoms with Crippen LogP contribution in [0.4, 0.5) is 4.79 Å². The summed E-state index contributed by atoms with van der Waals surface area (Å²) in [6.07, 6.45) is 1.66. The number of urea groups is 1. The van der Waals surface area contributed by atoms with E-state index in [9.17, 15) is 14.4 Å². The first-order valence-electron chi connectivity index (χ1n) is 11.5. The largest absolute Gasteiger partial charge is 0.488 e. The zero-order chi connectivity index (χ0) is 26.2. The fraction of sp³-hybridized carbons (Fsp3) is 0.296. The number of carbonyl (C=O) groups excluding carboxylic acids is 3. The summed E-state index contributed by atoms with van der Waals surface area (Å²) in [5.74, 6) is -0.0427. The second-order valence-electron chi connectivity index (χ2n) is 9.51. The molecule has 0 atom stereocenters. The van der Waals surface area contributed by atoms with E-state index < -0.39 is 17.9 Å². The van der Waals surface area contributed by atoms with Gasteiger partial charge in [0.1, 0.15) is 22.8 Å². The highest BCUT2D eigenvalue weighted by molar-refractivity contribution is 6.13. The van der Waals surface area contributed by atoms with Crippen LogP contribution in [0.25, 0.3) is 11.8 Å². The number of hydrogen-bond donors (Lipinski definition) is 1. The van der Waals surface area contributed by atoms with Crippen molar-refractivity contribution in [3.8, 4) is 11.4 Å². The molecule has 9 nitrogen and oxygen atoms in total. The number of esters is 1. The van der Waals surface area contributed by atoms with E-state index in [-0.39, 0.29) is 29.4 Å². The number of amides is 3. The lowest BCUT2D eigenvalue weighted by Crippen LogP contribution is -2.30. The average molecular weight is 492 g/mol. The van der Waals surface area contributed by atoms with Crippen molar-refractivity contribution in [2.24, 2.45) is 0 Å². The van der Waals surface area contributed by atoms with Crippen LogP contribution < -0.4 is 10.1 Å². The molecule has 1 fully saturated rings. The van der Waals surface area contributed by atoms with Gasteiger partial charge in [0.15, 0.2) is 0 Å². The Morgan fingerprint density at radius 3 is 2.42 bits per heavy atom. The molecule has 0 saturated carbocycles. The zero-order valence-corrected chi connectivity index (χ0v) is 21.2. The first kappa shape index (κ1) is 24.8. The molecule has 0 spiro atoms. The van der Waals surface area contributed by atoms with E-state index in [0.29, 0.717) is 0 Å². The predicted molar refractivity (Wildman–Crippen MR) is 133 cm³/mol. The molecule has 188 valence electrons. The van der Waals surface area contributed by atoms with Crippen molar-refractivity contribution < 1.29 is 28.3 Å². The second-order valence-corrected chi connectivity index (χ2v) is 9.51. The highest BCUT2D eigenvalue weighted by Crippen LogP contribution is 2.27. The molecule has 0 radical (unpaired) electrons. The van der Waals surface area contributed by atoms with Crippen LogP contribution in [0.3, 0.4) is 0 Å². The number of hydrogen-bond acceptors (Lipinski definition) is 6. The van der Waals surface area contributed by atoms with Gasteiger partial charge in [0.25, 0.3) is 5.91 Å². The number of imide groups is 1. The number of furan rings is 1. The number of ether oxygens (including phenoxy) is 2. The molecule has 36 heavy (non-hydrogen) atoms. The van der Waals surface area contributed by atoms with Crippen LogP contribution in [0.5, 0.6) is 5.75 Å². The zero-order valence-electron chi connectivity index (χ0n) is 21.2. The van der Waals surface area contributed by atoms with Crippen molar-refractivity contribution in [3.63, 3.8) is 0 Å². The number of nitrogens with one attached hydrogen (secondary N) is 1. The van der Waals surface area contributed by atoms with E-state index in [4.69, 9.17) is 9.15 Å². The van der Waals surface area contributed by atoms with E-state index in [1.165, 1.54) is 19.2 Å². The minimum Gasteiger partial charge on any atom is -0.488 e. The van der Waals surface area contributed by atoms with Gasteiger partial charge < -0.3 is 23.8 Å². The molecule has 1 aromatic carbocycles. The Morgan fingerprint density at radius 2 is 1.78 bits per heavy atom. The maximum Gasteiger partial charge on any atom is 0.373 e. The van der Waals surface area contributed by atoms with Crippen LogP contribution in [0.1, 0.15) is 54.0 Å². The second kappa shape index (κ2) is 9.41. The monoisotopic (exact) mass is 491 g/mol. The summed E-state index contributed by atoms with van der Waals surface area (Å²) in [4.78, 5) is 38.1. The maximum absolute atomic E-state index is 13.0. The van der Waals surface area contributed by atoms with E-state index in [1.807, 2.05) is 65.0 Å². The topological polar surface area (TPSA) is 103 Å². The summed E-state index contributed by atoms with van der Waals surface area (Å²) in [6.45, 7) is 9.82. The summed E-state index contributed by atoms with van der Waals surface area (Å²) >= 11 is 0. The predicted octanol–water partition coefficient (Wildman–Crippen LogP) is 4.74. The molecule has 0 unspecified atom stereocenters. The number of aryl methyl sites for hydroxylation is 1. The molecule has 1 aliphatic rings. The lowest BCUT2D eigenvalue weighted by Gasteiger charge is -2.21. The van der Waals surface area contributed by atoms with Gasteiger partial charge in [0.2, 0.25) is 5.76 Å². The standard InChI is InChI=1S/C27H29N3O6/c1-16-13-18(17(2)30(16)19-7-9-20(10-8-19)36-27(3,4)5)14-22-24(31)29(26(33)28-22)15-21-11-12-23(35-21)25(32)34-6/h7-14H,15H2,1-6H3,(H,28,33)/b22-14-. The minimum absolute atomic E-state index is 0.000704. The van der Waals surface area contributed by atoms with E-state index in [2.05, 4.69) is 14.6 Å². The lowest BCUT2D eigenvalue weighted by molar-refractivity contribution is -0.123. The number of aromatic nitrogens is 1. The van der Waals surface area contributed by atoms with Crippen molar-refractivity contribution in [2.75, 3.05) is 7.11 Å². The van der Waals surface area contributed by atoms with Gasteiger partial charge in [-0.3, -0.25) is 9.69 Å². The van der Waals surface area contributed by atoms with Crippen LogP contribution in [0, 0.1) is 13.8 Å². The Balaban J connectivity index is 1.55. The number of carbonyl (C=O) groups is 3. The van der Waals surface area contributed by atoms with Crippen LogP contribution in [0.2, 0.25) is 0 Å². The Labute approximate surface area is 209 Å². The molecule has 3 aromatic rings. The molecule has 3 amide bonds. The van der Waals surface area contributed by atoms with Crippen LogP contribution in [0.15, 0.2) is 52.6 Å². The van der Waals surface area contributed by atoms with Crippen molar-refractivity contribution >= 4 is 24.0 Å². The summed E-state index contributed by atoms with van der Waals surface area (Å²) < 4.78 is 18.0. The molecule has 1 saturated heterocycles. The number of rotatable bonds is 6. The normalized spacial score (nSPS) is 14.9. The summed E-state index contributed by atoms with van der Waals surface area (Å²) in [6, 6.07) is 12.2. The van der Waals surface area contributed by atoms with Gasteiger partial charge in [-0.05, 0) is 88.7 Å². The average Bonchev–Trinajstić information content (AvgIpc) is 3.46. The lowest BCUT2D eigenvalue weighted by atomic mass is 10.2. The first-order valence-corrected chi connectivity index (χ1v) is 11.5. The number of nitrogens with zero attached hydrogens (tertiary/aromatic N) is 2. The van der Waals surface area contributed by atoms with Gasteiger partial charge in [0, 0.05) is 17.1 Å². The third kappa shape index (κ3) is 5.05. The van der Waals surface area contributed by atoms with Crippen LogP contribution in [-0.2, 0) is 16.1 Å².